The van der Waals surface area contributed by atoms with Crippen molar-refractivity contribution in [3.8, 4) is 0 Å². The van der Waals surface area contributed by atoms with Gasteiger partial charge in [-0.2, -0.15) is 0 Å². The highest BCUT2D eigenvalue weighted by Crippen LogP contribution is 2.25. The number of nitrogens with zero attached hydrogens (tertiary/aromatic N) is 2. The maximum absolute atomic E-state index is 12.8. The number of ether oxygens (including phenoxy) is 1. The van der Waals surface area contributed by atoms with E-state index in [0.717, 1.165) is 6.20 Å². The lowest BCUT2D eigenvalue weighted by Crippen LogP contribution is -2.30. The van der Waals surface area contributed by atoms with E-state index in [2.05, 4.69) is 4.98 Å². The van der Waals surface area contributed by atoms with Gasteiger partial charge in [0.15, 0.2) is 0 Å². The predicted octanol–water partition coefficient (Wildman–Crippen LogP) is 1.10. The Balaban J connectivity index is 2.09. The van der Waals surface area contributed by atoms with E-state index in [1.807, 2.05) is 6.92 Å². The lowest BCUT2D eigenvalue weighted by molar-refractivity contribution is -0.146. The predicted molar refractivity (Wildman–Crippen MR) is 64.8 cm³/mol. The van der Waals surface area contributed by atoms with Crippen molar-refractivity contribution in [2.75, 3.05) is 20.2 Å². The number of hydrogen-bond donors (Lipinski definition) is 0. The van der Waals surface area contributed by atoms with Crippen LogP contribution in [0.5, 0.6) is 0 Å². The molecule has 0 N–H and O–H groups in total. The zero-order valence-corrected chi connectivity index (χ0v) is 10.8. The van der Waals surface area contributed by atoms with Gasteiger partial charge in [-0.05, 0) is 18.1 Å². The second-order valence-corrected chi connectivity index (χ2v) is 4.68. The Morgan fingerprint density at radius 1 is 1.42 bits per heavy atom. The van der Waals surface area contributed by atoms with Gasteiger partial charge in [0.05, 0.1) is 19.2 Å². The lowest BCUT2D eigenvalue weighted by atomic mass is 9.99. The molecule has 0 saturated carbocycles. The van der Waals surface area contributed by atoms with Gasteiger partial charge in [0, 0.05) is 13.1 Å². The van der Waals surface area contributed by atoms with Crippen molar-refractivity contribution in [3.05, 3.63) is 29.8 Å². The maximum atomic E-state index is 12.8. The quantitative estimate of drug-likeness (QED) is 0.752. The van der Waals surface area contributed by atoms with E-state index in [1.165, 1.54) is 19.2 Å². The Bertz CT molecular complexity index is 489. The molecule has 0 aromatic carbocycles. The molecule has 102 valence electrons. The molecule has 2 atom stereocenters. The summed E-state index contributed by atoms with van der Waals surface area (Å²) in [5.74, 6) is -1.36. The number of carbonyl (C=O) groups is 2. The molecule has 0 radical (unpaired) electrons. The second kappa shape index (κ2) is 5.34. The summed E-state index contributed by atoms with van der Waals surface area (Å²) in [6.45, 7) is 2.68. The molecule has 1 amide bonds. The highest BCUT2D eigenvalue weighted by Gasteiger charge is 2.38. The molecule has 1 aromatic rings. The monoisotopic (exact) mass is 266 g/mol. The van der Waals surface area contributed by atoms with Crippen LogP contribution in [0.1, 0.15) is 17.4 Å². The Morgan fingerprint density at radius 2 is 2.16 bits per heavy atom. The first-order valence-corrected chi connectivity index (χ1v) is 6.01. The maximum Gasteiger partial charge on any atom is 0.310 e. The van der Waals surface area contributed by atoms with E-state index >= 15 is 0 Å². The van der Waals surface area contributed by atoms with Crippen LogP contribution in [0.25, 0.3) is 0 Å². The molecule has 5 nitrogen and oxygen atoms in total. The smallest absolute Gasteiger partial charge is 0.310 e. The molecule has 0 spiro atoms. The fourth-order valence-corrected chi connectivity index (χ4v) is 2.26. The number of aromatic nitrogens is 1. The zero-order valence-electron chi connectivity index (χ0n) is 10.8. The van der Waals surface area contributed by atoms with Gasteiger partial charge in [-0.3, -0.25) is 9.59 Å². The normalized spacial score (nSPS) is 22.4. The molecule has 1 fully saturated rings. The summed E-state index contributed by atoms with van der Waals surface area (Å²) in [6, 6.07) is 2.53. The third-order valence-electron chi connectivity index (χ3n) is 3.35. The number of halogens is 1. The minimum absolute atomic E-state index is 0.0387. The lowest BCUT2D eigenvalue weighted by Gasteiger charge is -2.15. The molecule has 0 bridgehead atoms. The summed E-state index contributed by atoms with van der Waals surface area (Å²) in [4.78, 5) is 29.0. The van der Waals surface area contributed by atoms with E-state index in [9.17, 15) is 14.0 Å². The van der Waals surface area contributed by atoms with Gasteiger partial charge in [0.25, 0.3) is 5.91 Å². The first-order valence-electron chi connectivity index (χ1n) is 6.01. The topological polar surface area (TPSA) is 59.5 Å². The van der Waals surface area contributed by atoms with Crippen molar-refractivity contribution in [1.29, 1.82) is 0 Å². The second-order valence-electron chi connectivity index (χ2n) is 4.68. The van der Waals surface area contributed by atoms with Crippen LogP contribution < -0.4 is 0 Å². The fourth-order valence-electron chi connectivity index (χ4n) is 2.26. The summed E-state index contributed by atoms with van der Waals surface area (Å²) in [7, 11) is 1.33. The van der Waals surface area contributed by atoms with Gasteiger partial charge in [-0.15, -0.1) is 0 Å². The van der Waals surface area contributed by atoms with Crippen molar-refractivity contribution in [3.63, 3.8) is 0 Å². The minimum Gasteiger partial charge on any atom is -0.469 e. The van der Waals surface area contributed by atoms with Crippen molar-refractivity contribution >= 4 is 11.9 Å². The summed E-state index contributed by atoms with van der Waals surface area (Å²) < 4.78 is 17.5. The number of likely N-dealkylation sites (tertiary alicyclic amines) is 1. The molecule has 1 saturated heterocycles. The molecule has 2 rings (SSSR count). The van der Waals surface area contributed by atoms with Gasteiger partial charge < -0.3 is 9.64 Å². The summed E-state index contributed by atoms with van der Waals surface area (Å²) >= 11 is 0. The van der Waals surface area contributed by atoms with Crippen LogP contribution in [0.4, 0.5) is 4.39 Å². The van der Waals surface area contributed by atoms with Crippen molar-refractivity contribution in [2.45, 2.75) is 6.92 Å². The molecule has 2 unspecified atom stereocenters. The molecule has 6 heteroatoms. The number of methoxy groups -OCH3 is 1. The Morgan fingerprint density at radius 3 is 2.74 bits per heavy atom. The molecular formula is C13H15FN2O3. The third kappa shape index (κ3) is 2.72. The van der Waals surface area contributed by atoms with Crippen molar-refractivity contribution < 1.29 is 18.7 Å². The van der Waals surface area contributed by atoms with E-state index in [-0.39, 0.29) is 29.4 Å². The van der Waals surface area contributed by atoms with Crippen molar-refractivity contribution in [1.82, 2.24) is 9.88 Å². The number of esters is 1. The highest BCUT2D eigenvalue weighted by atomic mass is 19.1. The van der Waals surface area contributed by atoms with Gasteiger partial charge in [0.1, 0.15) is 11.5 Å². The number of rotatable bonds is 2. The number of pyridine rings is 1. The van der Waals surface area contributed by atoms with E-state index in [4.69, 9.17) is 4.74 Å². The summed E-state index contributed by atoms with van der Waals surface area (Å²) in [6.07, 6.45) is 1.00. The highest BCUT2D eigenvalue weighted by molar-refractivity contribution is 5.93. The third-order valence-corrected chi connectivity index (χ3v) is 3.35. The number of carbonyl (C=O) groups excluding carboxylic acids is 2. The Labute approximate surface area is 110 Å². The molecule has 0 aliphatic carbocycles. The Kier molecular flexibility index (Phi) is 3.78. The minimum atomic E-state index is -0.487. The number of hydrogen-bond acceptors (Lipinski definition) is 4. The molecular weight excluding hydrogens is 251 g/mol. The van der Waals surface area contributed by atoms with Gasteiger partial charge in [-0.1, -0.05) is 6.92 Å². The first kappa shape index (κ1) is 13.5. The average molecular weight is 266 g/mol. The van der Waals surface area contributed by atoms with Crippen LogP contribution in [-0.4, -0.2) is 42.0 Å². The van der Waals surface area contributed by atoms with Crippen LogP contribution in [0.2, 0.25) is 0 Å². The molecule has 1 aliphatic heterocycles. The first-order chi connectivity index (χ1) is 9.02. The standard InChI is InChI=1S/C13H15FN2O3/c1-8-6-16(7-10(8)13(18)19-2)12(17)11-4-3-9(14)5-15-11/h3-5,8,10H,6-7H2,1-2H3. The van der Waals surface area contributed by atoms with Crippen molar-refractivity contribution in [2.24, 2.45) is 11.8 Å². The average Bonchev–Trinajstić information content (AvgIpc) is 2.80. The SMILES string of the molecule is COC(=O)C1CN(C(=O)c2ccc(F)cn2)CC1C. The number of amides is 1. The summed E-state index contributed by atoms with van der Waals surface area (Å²) in [5, 5.41) is 0. The van der Waals surface area contributed by atoms with Crippen LogP contribution in [-0.2, 0) is 9.53 Å². The summed E-state index contributed by atoms with van der Waals surface area (Å²) in [5.41, 5.74) is 0.180. The Hall–Kier alpha value is -1.98. The van der Waals surface area contributed by atoms with Crippen LogP contribution >= 0.6 is 0 Å². The van der Waals surface area contributed by atoms with Crippen LogP contribution in [0.3, 0.4) is 0 Å². The molecule has 19 heavy (non-hydrogen) atoms. The molecule has 1 aromatic heterocycles. The largest absolute Gasteiger partial charge is 0.469 e. The zero-order chi connectivity index (χ0) is 14.0. The van der Waals surface area contributed by atoms with Crippen LogP contribution in [0.15, 0.2) is 18.3 Å². The van der Waals surface area contributed by atoms with Gasteiger partial charge in [-0.25, -0.2) is 9.37 Å². The molecule has 2 heterocycles. The fraction of sp³-hybridized carbons (Fsp3) is 0.462. The van der Waals surface area contributed by atoms with Gasteiger partial charge >= 0.3 is 5.97 Å². The van der Waals surface area contributed by atoms with Gasteiger partial charge in [0.2, 0.25) is 0 Å². The van der Waals surface area contributed by atoms with Crippen LogP contribution in [0, 0.1) is 17.7 Å². The molecule has 1 aliphatic rings. The van der Waals surface area contributed by atoms with E-state index < -0.39 is 5.82 Å². The van der Waals surface area contributed by atoms with E-state index in [0.29, 0.717) is 13.1 Å². The van der Waals surface area contributed by atoms with E-state index in [1.54, 1.807) is 4.90 Å².